The standard InChI is InChI=1S/C13H18N2O5S/c1-19-13(16)11-7-10(21(14,17)18)4-5-12(11)15-8-9-3-2-6-20-9/h4-5,7,9,15H,2-3,6,8H2,1H3,(H2,14,17,18)/t9-/m1/s1. The van der Waals surface area contributed by atoms with Crippen molar-refractivity contribution in [2.45, 2.75) is 23.8 Å². The van der Waals surface area contributed by atoms with Gasteiger partial charge in [0.15, 0.2) is 0 Å². The van der Waals surface area contributed by atoms with E-state index in [1.807, 2.05) is 0 Å². The van der Waals surface area contributed by atoms with Crippen LogP contribution in [0.4, 0.5) is 5.69 Å². The van der Waals surface area contributed by atoms with E-state index in [4.69, 9.17) is 9.88 Å². The predicted octanol–water partition coefficient (Wildman–Crippen LogP) is 0.711. The van der Waals surface area contributed by atoms with Crippen LogP contribution < -0.4 is 10.5 Å². The molecule has 0 saturated carbocycles. The fourth-order valence-corrected chi connectivity index (χ4v) is 2.70. The number of esters is 1. The van der Waals surface area contributed by atoms with Crippen molar-refractivity contribution < 1.29 is 22.7 Å². The lowest BCUT2D eigenvalue weighted by Gasteiger charge is -2.15. The zero-order valence-corrected chi connectivity index (χ0v) is 12.5. The van der Waals surface area contributed by atoms with Gasteiger partial charge in [0.1, 0.15) is 0 Å². The minimum Gasteiger partial charge on any atom is -0.465 e. The number of nitrogens with two attached hydrogens (primary N) is 1. The molecule has 0 unspecified atom stereocenters. The van der Waals surface area contributed by atoms with E-state index in [-0.39, 0.29) is 16.6 Å². The summed E-state index contributed by atoms with van der Waals surface area (Å²) in [6.45, 7) is 1.28. The first-order valence-electron chi connectivity index (χ1n) is 6.52. The SMILES string of the molecule is COC(=O)c1cc(S(N)(=O)=O)ccc1NC[C@H]1CCCO1. The van der Waals surface area contributed by atoms with Crippen molar-refractivity contribution in [1.29, 1.82) is 0 Å². The van der Waals surface area contributed by atoms with Gasteiger partial charge in [-0.3, -0.25) is 0 Å². The third-order valence-electron chi connectivity index (χ3n) is 3.27. The first-order valence-corrected chi connectivity index (χ1v) is 8.07. The van der Waals surface area contributed by atoms with E-state index in [0.29, 0.717) is 12.2 Å². The molecule has 2 rings (SSSR count). The third kappa shape index (κ3) is 3.93. The molecule has 1 aliphatic heterocycles. The molecule has 1 fully saturated rings. The second kappa shape index (κ2) is 6.42. The van der Waals surface area contributed by atoms with Gasteiger partial charge in [-0.1, -0.05) is 0 Å². The van der Waals surface area contributed by atoms with E-state index in [1.54, 1.807) is 0 Å². The van der Waals surface area contributed by atoms with Crippen LogP contribution in [0.15, 0.2) is 23.1 Å². The number of hydrogen-bond donors (Lipinski definition) is 2. The monoisotopic (exact) mass is 314 g/mol. The Hall–Kier alpha value is -1.64. The van der Waals surface area contributed by atoms with Crippen molar-refractivity contribution in [1.82, 2.24) is 0 Å². The highest BCUT2D eigenvalue weighted by atomic mass is 32.2. The fourth-order valence-electron chi connectivity index (χ4n) is 2.16. The molecule has 1 heterocycles. The zero-order valence-electron chi connectivity index (χ0n) is 11.7. The number of carbonyl (C=O) groups excluding carboxylic acids is 1. The van der Waals surface area contributed by atoms with Crippen molar-refractivity contribution >= 4 is 21.7 Å². The van der Waals surface area contributed by atoms with E-state index >= 15 is 0 Å². The zero-order chi connectivity index (χ0) is 15.5. The number of hydrogen-bond acceptors (Lipinski definition) is 6. The van der Waals surface area contributed by atoms with Gasteiger partial charge < -0.3 is 14.8 Å². The number of primary sulfonamides is 1. The van der Waals surface area contributed by atoms with Gasteiger partial charge in [0, 0.05) is 18.8 Å². The number of benzene rings is 1. The second-order valence-corrected chi connectivity index (χ2v) is 6.32. The first-order chi connectivity index (χ1) is 9.91. The predicted molar refractivity (Wildman–Crippen MR) is 76.6 cm³/mol. The van der Waals surface area contributed by atoms with Crippen LogP contribution in [-0.2, 0) is 19.5 Å². The number of rotatable bonds is 5. The first kappa shape index (κ1) is 15.7. The maximum Gasteiger partial charge on any atom is 0.340 e. The normalized spacial score (nSPS) is 18.5. The minimum atomic E-state index is -3.87. The molecule has 0 aromatic heterocycles. The van der Waals surface area contributed by atoms with E-state index in [9.17, 15) is 13.2 Å². The summed E-state index contributed by atoms with van der Waals surface area (Å²) in [6.07, 6.45) is 2.06. The van der Waals surface area contributed by atoms with Crippen molar-refractivity contribution in [2.75, 3.05) is 25.6 Å². The van der Waals surface area contributed by atoms with Crippen LogP contribution in [0.1, 0.15) is 23.2 Å². The van der Waals surface area contributed by atoms with Crippen molar-refractivity contribution in [3.63, 3.8) is 0 Å². The van der Waals surface area contributed by atoms with Crippen LogP contribution in [-0.4, -0.2) is 40.8 Å². The van der Waals surface area contributed by atoms with Gasteiger partial charge in [0.25, 0.3) is 0 Å². The minimum absolute atomic E-state index is 0.0911. The Morgan fingerprint density at radius 3 is 2.86 bits per heavy atom. The second-order valence-electron chi connectivity index (χ2n) is 4.76. The number of sulfonamides is 1. The summed E-state index contributed by atoms with van der Waals surface area (Å²) in [5.41, 5.74) is 0.617. The van der Waals surface area contributed by atoms with Gasteiger partial charge in [0.2, 0.25) is 10.0 Å². The Morgan fingerprint density at radius 2 is 2.29 bits per heavy atom. The molecule has 1 aromatic rings. The highest BCUT2D eigenvalue weighted by Crippen LogP contribution is 2.22. The molecule has 1 aromatic carbocycles. The van der Waals surface area contributed by atoms with Crippen molar-refractivity contribution in [2.24, 2.45) is 5.14 Å². The molecule has 21 heavy (non-hydrogen) atoms. The molecule has 0 spiro atoms. The number of nitrogens with one attached hydrogen (secondary N) is 1. The summed E-state index contributed by atoms with van der Waals surface area (Å²) in [5, 5.41) is 8.16. The summed E-state index contributed by atoms with van der Waals surface area (Å²) < 4.78 is 32.9. The molecule has 1 saturated heterocycles. The number of methoxy groups -OCH3 is 1. The summed E-state index contributed by atoms with van der Waals surface area (Å²) in [5.74, 6) is -0.629. The Balaban J connectivity index is 2.24. The Morgan fingerprint density at radius 1 is 1.52 bits per heavy atom. The van der Waals surface area contributed by atoms with E-state index in [2.05, 4.69) is 10.1 Å². The highest BCUT2D eigenvalue weighted by Gasteiger charge is 2.19. The summed E-state index contributed by atoms with van der Waals surface area (Å²) in [7, 11) is -2.64. The van der Waals surface area contributed by atoms with Gasteiger partial charge in [0.05, 0.1) is 23.7 Å². The van der Waals surface area contributed by atoms with Gasteiger partial charge in [-0.15, -0.1) is 0 Å². The molecule has 0 radical (unpaired) electrons. The number of ether oxygens (including phenoxy) is 2. The molecular formula is C13H18N2O5S. The molecule has 8 heteroatoms. The smallest absolute Gasteiger partial charge is 0.340 e. The lowest BCUT2D eigenvalue weighted by atomic mass is 10.1. The molecule has 1 aliphatic rings. The van der Waals surface area contributed by atoms with Crippen molar-refractivity contribution in [3.05, 3.63) is 23.8 Å². The van der Waals surface area contributed by atoms with Crippen LogP contribution in [0.5, 0.6) is 0 Å². The van der Waals surface area contributed by atoms with E-state index in [1.165, 1.54) is 25.3 Å². The third-order valence-corrected chi connectivity index (χ3v) is 4.18. The summed E-state index contributed by atoms with van der Waals surface area (Å²) in [4.78, 5) is 11.6. The molecule has 3 N–H and O–H groups in total. The largest absolute Gasteiger partial charge is 0.465 e. The van der Waals surface area contributed by atoms with Crippen LogP contribution in [0.2, 0.25) is 0 Å². The summed E-state index contributed by atoms with van der Waals surface area (Å²) >= 11 is 0. The van der Waals surface area contributed by atoms with Gasteiger partial charge in [-0.05, 0) is 31.0 Å². The quantitative estimate of drug-likeness (QED) is 0.775. The lowest BCUT2D eigenvalue weighted by Crippen LogP contribution is -2.20. The van der Waals surface area contributed by atoms with Gasteiger partial charge in [-0.25, -0.2) is 18.4 Å². The molecule has 0 bridgehead atoms. The number of carbonyl (C=O) groups is 1. The topological polar surface area (TPSA) is 108 Å². The molecule has 1 atom stereocenters. The van der Waals surface area contributed by atoms with Crippen LogP contribution in [0, 0.1) is 0 Å². The fraction of sp³-hybridized carbons (Fsp3) is 0.462. The number of anilines is 1. The molecular weight excluding hydrogens is 296 g/mol. The van der Waals surface area contributed by atoms with Crippen molar-refractivity contribution in [3.8, 4) is 0 Å². The average Bonchev–Trinajstić information content (AvgIpc) is 2.96. The van der Waals surface area contributed by atoms with Crippen LogP contribution in [0.25, 0.3) is 0 Å². The lowest BCUT2D eigenvalue weighted by molar-refractivity contribution is 0.0601. The molecule has 116 valence electrons. The Kier molecular flexibility index (Phi) is 4.81. The highest BCUT2D eigenvalue weighted by molar-refractivity contribution is 7.89. The van der Waals surface area contributed by atoms with E-state index in [0.717, 1.165) is 19.4 Å². The van der Waals surface area contributed by atoms with E-state index < -0.39 is 16.0 Å². The maximum absolute atomic E-state index is 11.8. The van der Waals surface area contributed by atoms with Gasteiger partial charge >= 0.3 is 5.97 Å². The summed E-state index contributed by atoms with van der Waals surface area (Å²) in [6, 6.07) is 4.06. The molecule has 0 aliphatic carbocycles. The Labute approximate surface area is 123 Å². The Bertz CT molecular complexity index is 623. The van der Waals surface area contributed by atoms with Crippen LogP contribution in [0.3, 0.4) is 0 Å². The van der Waals surface area contributed by atoms with Crippen LogP contribution >= 0.6 is 0 Å². The maximum atomic E-state index is 11.8. The molecule has 7 nitrogen and oxygen atoms in total. The average molecular weight is 314 g/mol. The molecule has 0 amide bonds. The van der Waals surface area contributed by atoms with Gasteiger partial charge in [-0.2, -0.15) is 0 Å².